The molecule has 0 aliphatic heterocycles. The van der Waals surface area contributed by atoms with Gasteiger partial charge in [-0.3, -0.25) is 25.2 Å². The minimum absolute atomic E-state index is 0.166. The Morgan fingerprint density at radius 3 is 2.52 bits per heavy atom. The van der Waals surface area contributed by atoms with Crippen LogP contribution in [-0.4, -0.2) is 28.7 Å². The molecule has 0 aliphatic rings. The highest BCUT2D eigenvalue weighted by molar-refractivity contribution is 7.17. The zero-order valence-electron chi connectivity index (χ0n) is 12.8. The minimum atomic E-state index is -0.924. The van der Waals surface area contributed by atoms with E-state index in [2.05, 4.69) is 21.2 Å². The van der Waals surface area contributed by atoms with E-state index in [4.69, 9.17) is 0 Å². The molecule has 23 heavy (non-hydrogen) atoms. The van der Waals surface area contributed by atoms with Gasteiger partial charge < -0.3 is 5.32 Å². The van der Waals surface area contributed by atoms with Gasteiger partial charge in [0.15, 0.2) is 0 Å². The van der Waals surface area contributed by atoms with Gasteiger partial charge in [0.25, 0.3) is 5.91 Å². The van der Waals surface area contributed by atoms with Crippen LogP contribution >= 0.6 is 22.7 Å². The number of thiazole rings is 1. The second kappa shape index (κ2) is 7.34. The summed E-state index contributed by atoms with van der Waals surface area (Å²) in [5.74, 6) is -2.24. The van der Waals surface area contributed by atoms with E-state index in [0.29, 0.717) is 10.6 Å². The van der Waals surface area contributed by atoms with Crippen molar-refractivity contribution < 1.29 is 14.4 Å². The van der Waals surface area contributed by atoms with Gasteiger partial charge >= 0.3 is 11.8 Å². The lowest BCUT2D eigenvalue weighted by atomic mass is 10.3. The summed E-state index contributed by atoms with van der Waals surface area (Å²) in [7, 11) is 0. The standard InChI is InChI=1S/C14H16N4O3S2/c1-7(2)15-12(20)13(21)18-17-11(19)10-8(3)16-14(23-10)9-4-5-22-6-9/h4-7H,1-3H3,(H,15,20)(H,17,19)(H,18,21). The quantitative estimate of drug-likeness (QED) is 0.575. The van der Waals surface area contributed by atoms with Crippen molar-refractivity contribution >= 4 is 40.4 Å². The molecule has 0 saturated carbocycles. The van der Waals surface area contributed by atoms with Crippen molar-refractivity contribution in [1.29, 1.82) is 0 Å². The molecule has 9 heteroatoms. The highest BCUT2D eigenvalue weighted by atomic mass is 32.1. The molecule has 0 bridgehead atoms. The van der Waals surface area contributed by atoms with Crippen molar-refractivity contribution in [2.45, 2.75) is 26.8 Å². The molecule has 2 rings (SSSR count). The monoisotopic (exact) mass is 352 g/mol. The summed E-state index contributed by atoms with van der Waals surface area (Å²) in [5.41, 5.74) is 5.82. The molecule has 0 radical (unpaired) electrons. The van der Waals surface area contributed by atoms with Gasteiger partial charge in [0, 0.05) is 17.0 Å². The smallest absolute Gasteiger partial charge is 0.327 e. The van der Waals surface area contributed by atoms with Gasteiger partial charge in [0.2, 0.25) is 0 Å². The molecule has 0 aromatic carbocycles. The number of aromatic nitrogens is 1. The predicted molar refractivity (Wildman–Crippen MR) is 89.1 cm³/mol. The number of nitrogens with zero attached hydrogens (tertiary/aromatic N) is 1. The molecule has 0 aliphatic carbocycles. The molecule has 122 valence electrons. The number of nitrogens with one attached hydrogen (secondary N) is 3. The normalized spacial score (nSPS) is 10.4. The molecule has 0 saturated heterocycles. The van der Waals surface area contributed by atoms with Crippen LogP contribution in [0, 0.1) is 6.92 Å². The Morgan fingerprint density at radius 1 is 1.17 bits per heavy atom. The third kappa shape index (κ3) is 4.36. The Bertz CT molecular complexity index is 722. The topological polar surface area (TPSA) is 100 Å². The average Bonchev–Trinajstić information content (AvgIpc) is 3.12. The van der Waals surface area contributed by atoms with E-state index in [9.17, 15) is 14.4 Å². The Kier molecular flexibility index (Phi) is 5.45. The highest BCUT2D eigenvalue weighted by Crippen LogP contribution is 2.29. The summed E-state index contributed by atoms with van der Waals surface area (Å²) in [6.45, 7) is 5.18. The first-order valence-corrected chi connectivity index (χ1v) is 8.55. The molecule has 3 N–H and O–H groups in total. The third-order valence-corrected chi connectivity index (χ3v) is 4.58. The van der Waals surface area contributed by atoms with E-state index in [1.807, 2.05) is 16.8 Å². The van der Waals surface area contributed by atoms with Crippen molar-refractivity contribution in [2.75, 3.05) is 0 Å². The zero-order chi connectivity index (χ0) is 17.0. The summed E-state index contributed by atoms with van der Waals surface area (Å²) >= 11 is 2.77. The van der Waals surface area contributed by atoms with Gasteiger partial charge in [-0.2, -0.15) is 11.3 Å². The van der Waals surface area contributed by atoms with Crippen molar-refractivity contribution in [1.82, 2.24) is 21.2 Å². The van der Waals surface area contributed by atoms with Crippen LogP contribution in [0.3, 0.4) is 0 Å². The Balaban J connectivity index is 1.99. The first-order chi connectivity index (χ1) is 10.9. The van der Waals surface area contributed by atoms with Crippen LogP contribution in [0.15, 0.2) is 16.8 Å². The van der Waals surface area contributed by atoms with Crippen LogP contribution in [0.4, 0.5) is 0 Å². The van der Waals surface area contributed by atoms with Crippen LogP contribution in [-0.2, 0) is 9.59 Å². The number of aryl methyl sites for hydroxylation is 1. The molecule has 7 nitrogen and oxygen atoms in total. The lowest BCUT2D eigenvalue weighted by Crippen LogP contribution is -2.49. The summed E-state index contributed by atoms with van der Waals surface area (Å²) < 4.78 is 0. The van der Waals surface area contributed by atoms with E-state index in [0.717, 1.165) is 10.6 Å². The van der Waals surface area contributed by atoms with Crippen LogP contribution in [0.5, 0.6) is 0 Å². The van der Waals surface area contributed by atoms with E-state index >= 15 is 0 Å². The lowest BCUT2D eigenvalue weighted by Gasteiger charge is -2.09. The fraction of sp³-hybridized carbons (Fsp3) is 0.286. The maximum Gasteiger partial charge on any atom is 0.327 e. The fourth-order valence-corrected chi connectivity index (χ4v) is 3.34. The molecular weight excluding hydrogens is 336 g/mol. The number of hydrogen-bond donors (Lipinski definition) is 3. The zero-order valence-corrected chi connectivity index (χ0v) is 14.4. The van der Waals surface area contributed by atoms with Gasteiger partial charge in [0.1, 0.15) is 9.88 Å². The van der Waals surface area contributed by atoms with Gasteiger partial charge in [0.05, 0.1) is 5.69 Å². The third-order valence-electron chi connectivity index (χ3n) is 2.69. The molecule has 0 fully saturated rings. The Labute approximate surface area is 141 Å². The Hall–Kier alpha value is -2.26. The van der Waals surface area contributed by atoms with Gasteiger partial charge in [-0.15, -0.1) is 11.3 Å². The molecule has 3 amide bonds. The number of hydrazine groups is 1. The maximum atomic E-state index is 12.1. The number of carbonyl (C=O) groups excluding carboxylic acids is 3. The summed E-state index contributed by atoms with van der Waals surface area (Å²) in [6, 6.07) is 1.75. The van der Waals surface area contributed by atoms with E-state index < -0.39 is 17.7 Å². The average molecular weight is 352 g/mol. The number of carbonyl (C=O) groups is 3. The van der Waals surface area contributed by atoms with Crippen LogP contribution in [0.1, 0.15) is 29.2 Å². The van der Waals surface area contributed by atoms with Crippen molar-refractivity contribution in [3.05, 3.63) is 27.4 Å². The summed E-state index contributed by atoms with van der Waals surface area (Å²) in [5, 5.41) is 7.04. The molecule has 2 aromatic rings. The minimum Gasteiger partial charge on any atom is -0.346 e. The maximum absolute atomic E-state index is 12.1. The van der Waals surface area contributed by atoms with E-state index in [1.54, 1.807) is 32.1 Å². The molecule has 0 spiro atoms. The largest absolute Gasteiger partial charge is 0.346 e. The number of rotatable bonds is 3. The summed E-state index contributed by atoms with van der Waals surface area (Å²) in [6.07, 6.45) is 0. The lowest BCUT2D eigenvalue weighted by molar-refractivity contribution is -0.139. The SMILES string of the molecule is Cc1nc(-c2ccsc2)sc1C(=O)NNC(=O)C(=O)NC(C)C. The molecule has 2 aromatic heterocycles. The second-order valence-electron chi connectivity index (χ2n) is 4.98. The molecule has 2 heterocycles. The van der Waals surface area contributed by atoms with Crippen LogP contribution in [0.25, 0.3) is 10.6 Å². The first-order valence-electron chi connectivity index (χ1n) is 6.79. The first kappa shape index (κ1) is 17.1. The molecule has 0 atom stereocenters. The number of thiophene rings is 1. The van der Waals surface area contributed by atoms with Crippen LogP contribution < -0.4 is 16.2 Å². The van der Waals surface area contributed by atoms with Gasteiger partial charge in [-0.25, -0.2) is 4.98 Å². The van der Waals surface area contributed by atoms with Crippen molar-refractivity contribution in [3.63, 3.8) is 0 Å². The Morgan fingerprint density at radius 2 is 1.91 bits per heavy atom. The molecular formula is C14H16N4O3S2. The predicted octanol–water partition coefficient (Wildman–Crippen LogP) is 1.47. The second-order valence-corrected chi connectivity index (χ2v) is 6.76. The highest BCUT2D eigenvalue weighted by Gasteiger charge is 2.19. The van der Waals surface area contributed by atoms with Gasteiger partial charge in [-0.1, -0.05) is 0 Å². The van der Waals surface area contributed by atoms with Gasteiger partial charge in [-0.05, 0) is 32.2 Å². The van der Waals surface area contributed by atoms with Crippen molar-refractivity contribution in [3.8, 4) is 10.6 Å². The number of hydrogen-bond acceptors (Lipinski definition) is 6. The van der Waals surface area contributed by atoms with Crippen LogP contribution in [0.2, 0.25) is 0 Å². The van der Waals surface area contributed by atoms with E-state index in [1.165, 1.54) is 11.3 Å². The molecule has 0 unspecified atom stereocenters. The van der Waals surface area contributed by atoms with E-state index in [-0.39, 0.29) is 6.04 Å². The van der Waals surface area contributed by atoms with Crippen molar-refractivity contribution in [2.24, 2.45) is 0 Å². The summed E-state index contributed by atoms with van der Waals surface area (Å²) in [4.78, 5) is 39.8. The number of amides is 3. The fourth-order valence-electron chi connectivity index (χ4n) is 1.67.